The second-order valence-electron chi connectivity index (χ2n) is 6.87. The van der Waals surface area contributed by atoms with Crippen molar-refractivity contribution in [3.8, 4) is 17.1 Å². The Hall–Kier alpha value is -3.64. The van der Waals surface area contributed by atoms with E-state index in [-0.39, 0.29) is 12.3 Å². The number of carbonyl (C=O) groups is 1. The van der Waals surface area contributed by atoms with Crippen LogP contribution in [0.1, 0.15) is 17.9 Å². The molecule has 1 heterocycles. The van der Waals surface area contributed by atoms with Crippen LogP contribution in [0.5, 0.6) is 5.75 Å². The highest BCUT2D eigenvalue weighted by atomic mass is 35.5. The molecule has 0 unspecified atom stereocenters. The SMILES string of the molecule is O=C(CCc1nc(-c2cccc(Cl)c2)no1)Nc1ccc(OCc2ccccc2)cc1. The van der Waals surface area contributed by atoms with Crippen molar-refractivity contribution in [2.24, 2.45) is 0 Å². The zero-order chi connectivity index (χ0) is 21.5. The molecule has 0 fully saturated rings. The lowest BCUT2D eigenvalue weighted by Gasteiger charge is -2.08. The van der Waals surface area contributed by atoms with Gasteiger partial charge in [0.1, 0.15) is 12.4 Å². The van der Waals surface area contributed by atoms with Crippen LogP contribution >= 0.6 is 11.6 Å². The fourth-order valence-electron chi connectivity index (χ4n) is 2.92. The van der Waals surface area contributed by atoms with Gasteiger partial charge in [-0.2, -0.15) is 4.98 Å². The summed E-state index contributed by atoms with van der Waals surface area (Å²) in [5, 5.41) is 7.40. The molecule has 7 heteroatoms. The first-order chi connectivity index (χ1) is 15.2. The Bertz CT molecular complexity index is 1140. The molecule has 3 aromatic carbocycles. The van der Waals surface area contributed by atoms with Gasteiger partial charge in [0, 0.05) is 29.1 Å². The molecule has 156 valence electrons. The highest BCUT2D eigenvalue weighted by Gasteiger charge is 2.11. The molecule has 0 saturated carbocycles. The Balaban J connectivity index is 1.25. The van der Waals surface area contributed by atoms with E-state index in [1.165, 1.54) is 0 Å². The number of amides is 1. The number of nitrogens with zero attached hydrogens (tertiary/aromatic N) is 2. The molecule has 31 heavy (non-hydrogen) atoms. The minimum atomic E-state index is -0.138. The number of hydrogen-bond donors (Lipinski definition) is 1. The molecule has 1 N–H and O–H groups in total. The first-order valence-electron chi connectivity index (χ1n) is 9.81. The van der Waals surface area contributed by atoms with Crippen LogP contribution in [-0.2, 0) is 17.8 Å². The Morgan fingerprint density at radius 1 is 1.00 bits per heavy atom. The van der Waals surface area contributed by atoms with Crippen molar-refractivity contribution in [2.45, 2.75) is 19.4 Å². The van der Waals surface area contributed by atoms with E-state index in [1.807, 2.05) is 66.7 Å². The monoisotopic (exact) mass is 433 g/mol. The van der Waals surface area contributed by atoms with Crippen LogP contribution in [0.2, 0.25) is 5.02 Å². The van der Waals surface area contributed by atoms with Crippen molar-refractivity contribution in [3.05, 3.63) is 95.3 Å². The van der Waals surface area contributed by atoms with Crippen LogP contribution in [0.25, 0.3) is 11.4 Å². The van der Waals surface area contributed by atoms with Crippen LogP contribution in [0, 0.1) is 0 Å². The van der Waals surface area contributed by atoms with Crippen LogP contribution in [0.4, 0.5) is 5.69 Å². The molecule has 6 nitrogen and oxygen atoms in total. The lowest BCUT2D eigenvalue weighted by Crippen LogP contribution is -2.12. The normalized spacial score (nSPS) is 10.6. The predicted octanol–water partition coefficient (Wildman–Crippen LogP) is 5.54. The molecule has 0 aliphatic rings. The van der Waals surface area contributed by atoms with E-state index >= 15 is 0 Å². The maximum atomic E-state index is 12.3. The Morgan fingerprint density at radius 3 is 2.58 bits per heavy atom. The van der Waals surface area contributed by atoms with Gasteiger partial charge < -0.3 is 14.6 Å². The number of halogens is 1. The standard InChI is InChI=1S/C24H20ClN3O3/c25-19-8-4-7-18(15-19)24-27-23(31-28-24)14-13-22(29)26-20-9-11-21(12-10-20)30-16-17-5-2-1-3-6-17/h1-12,15H,13-14,16H2,(H,26,29). The van der Waals surface area contributed by atoms with Gasteiger partial charge in [-0.1, -0.05) is 59.2 Å². The zero-order valence-electron chi connectivity index (χ0n) is 16.6. The lowest BCUT2D eigenvalue weighted by molar-refractivity contribution is -0.116. The number of rotatable bonds is 8. The maximum Gasteiger partial charge on any atom is 0.227 e. The third-order valence-electron chi connectivity index (χ3n) is 4.50. The molecule has 1 amide bonds. The maximum absolute atomic E-state index is 12.3. The number of anilines is 1. The van der Waals surface area contributed by atoms with Gasteiger partial charge in [0.25, 0.3) is 0 Å². The predicted molar refractivity (Wildman–Crippen MR) is 119 cm³/mol. The Kier molecular flexibility index (Phi) is 6.59. The summed E-state index contributed by atoms with van der Waals surface area (Å²) in [4.78, 5) is 16.6. The van der Waals surface area contributed by atoms with E-state index in [9.17, 15) is 4.79 Å². The van der Waals surface area contributed by atoms with Gasteiger partial charge in [0.2, 0.25) is 17.6 Å². The molecule has 1 aromatic heterocycles. The number of ether oxygens (including phenoxy) is 1. The summed E-state index contributed by atoms with van der Waals surface area (Å²) in [5.41, 5.74) is 2.56. The van der Waals surface area contributed by atoms with Gasteiger partial charge in [-0.25, -0.2) is 0 Å². The second-order valence-corrected chi connectivity index (χ2v) is 7.31. The molecular formula is C24H20ClN3O3. The number of aromatic nitrogens is 2. The number of nitrogens with one attached hydrogen (secondary N) is 1. The van der Waals surface area contributed by atoms with Crippen molar-refractivity contribution >= 4 is 23.2 Å². The molecule has 0 radical (unpaired) electrons. The van der Waals surface area contributed by atoms with Crippen molar-refractivity contribution in [3.63, 3.8) is 0 Å². The fourth-order valence-corrected chi connectivity index (χ4v) is 3.11. The van der Waals surface area contributed by atoms with E-state index in [1.54, 1.807) is 12.1 Å². The van der Waals surface area contributed by atoms with E-state index in [0.717, 1.165) is 16.9 Å². The van der Waals surface area contributed by atoms with Crippen LogP contribution < -0.4 is 10.1 Å². The van der Waals surface area contributed by atoms with Gasteiger partial charge in [0.15, 0.2) is 0 Å². The number of aryl methyl sites for hydroxylation is 1. The molecule has 0 bridgehead atoms. The van der Waals surface area contributed by atoms with Gasteiger partial charge in [0.05, 0.1) is 0 Å². The summed E-state index contributed by atoms with van der Waals surface area (Å²) < 4.78 is 11.0. The van der Waals surface area contributed by atoms with Gasteiger partial charge in [-0.3, -0.25) is 4.79 Å². The first kappa shape index (κ1) is 20.6. The number of carbonyl (C=O) groups excluding carboxylic acids is 1. The Morgan fingerprint density at radius 2 is 1.81 bits per heavy atom. The molecule has 0 spiro atoms. The Labute approximate surface area is 184 Å². The topological polar surface area (TPSA) is 77.2 Å². The minimum absolute atomic E-state index is 0.138. The molecule has 0 aliphatic carbocycles. The fraction of sp³-hybridized carbons (Fsp3) is 0.125. The highest BCUT2D eigenvalue weighted by molar-refractivity contribution is 6.30. The average molecular weight is 434 g/mol. The van der Waals surface area contributed by atoms with E-state index in [0.29, 0.717) is 35.5 Å². The largest absolute Gasteiger partial charge is 0.489 e. The first-order valence-corrected chi connectivity index (χ1v) is 10.2. The van der Waals surface area contributed by atoms with E-state index in [2.05, 4.69) is 15.5 Å². The molecule has 0 atom stereocenters. The summed E-state index contributed by atoms with van der Waals surface area (Å²) in [7, 11) is 0. The van der Waals surface area contributed by atoms with Crippen molar-refractivity contribution in [1.29, 1.82) is 0 Å². The summed E-state index contributed by atoms with van der Waals surface area (Å²) in [6, 6.07) is 24.4. The molecule has 0 aliphatic heterocycles. The third-order valence-corrected chi connectivity index (χ3v) is 4.74. The summed E-state index contributed by atoms with van der Waals surface area (Å²) in [5.74, 6) is 1.44. The van der Waals surface area contributed by atoms with Crippen molar-refractivity contribution < 1.29 is 14.1 Å². The van der Waals surface area contributed by atoms with Gasteiger partial charge in [-0.15, -0.1) is 0 Å². The van der Waals surface area contributed by atoms with Crippen LogP contribution in [0.3, 0.4) is 0 Å². The smallest absolute Gasteiger partial charge is 0.227 e. The van der Waals surface area contributed by atoms with Crippen molar-refractivity contribution in [1.82, 2.24) is 10.1 Å². The minimum Gasteiger partial charge on any atom is -0.489 e. The van der Waals surface area contributed by atoms with E-state index < -0.39 is 0 Å². The van der Waals surface area contributed by atoms with Crippen molar-refractivity contribution in [2.75, 3.05) is 5.32 Å². The van der Waals surface area contributed by atoms with Gasteiger partial charge in [-0.05, 0) is 42.0 Å². The van der Waals surface area contributed by atoms with Crippen LogP contribution in [0.15, 0.2) is 83.4 Å². The van der Waals surface area contributed by atoms with Crippen LogP contribution in [-0.4, -0.2) is 16.0 Å². The third kappa shape index (κ3) is 5.93. The van der Waals surface area contributed by atoms with E-state index in [4.69, 9.17) is 20.9 Å². The molecule has 0 saturated heterocycles. The quantitative estimate of drug-likeness (QED) is 0.394. The lowest BCUT2D eigenvalue weighted by atomic mass is 10.2. The molecule has 4 rings (SSSR count). The van der Waals surface area contributed by atoms with Gasteiger partial charge >= 0.3 is 0 Å². The average Bonchev–Trinajstić information content (AvgIpc) is 3.27. The molecule has 4 aromatic rings. The number of benzene rings is 3. The second kappa shape index (κ2) is 9.91. The summed E-state index contributed by atoms with van der Waals surface area (Å²) in [6.45, 7) is 0.494. The zero-order valence-corrected chi connectivity index (χ0v) is 17.4. The molecular weight excluding hydrogens is 414 g/mol. The number of hydrogen-bond acceptors (Lipinski definition) is 5. The highest BCUT2D eigenvalue weighted by Crippen LogP contribution is 2.21. The summed E-state index contributed by atoms with van der Waals surface area (Å²) in [6.07, 6.45) is 0.571. The summed E-state index contributed by atoms with van der Waals surface area (Å²) >= 11 is 5.99.